The normalized spacial score (nSPS) is 10.7. The topological polar surface area (TPSA) is 106 Å². The molecule has 3 amide bonds. The van der Waals surface area contributed by atoms with Gasteiger partial charge in [0.2, 0.25) is 5.88 Å². The van der Waals surface area contributed by atoms with Gasteiger partial charge in [0, 0.05) is 12.1 Å². The number of urea groups is 1. The van der Waals surface area contributed by atoms with Crippen LogP contribution in [0.1, 0.15) is 41.8 Å². The molecule has 0 bridgehead atoms. The van der Waals surface area contributed by atoms with Gasteiger partial charge in [-0.2, -0.15) is 4.37 Å². The Hall–Kier alpha value is -2.68. The van der Waals surface area contributed by atoms with E-state index in [9.17, 15) is 14.0 Å². The van der Waals surface area contributed by atoms with Gasteiger partial charge in [-0.25, -0.2) is 9.18 Å². The van der Waals surface area contributed by atoms with E-state index in [1.165, 1.54) is 6.07 Å². The van der Waals surface area contributed by atoms with Crippen LogP contribution in [-0.4, -0.2) is 22.9 Å². The van der Waals surface area contributed by atoms with Gasteiger partial charge >= 0.3 is 6.03 Å². The van der Waals surface area contributed by atoms with Crippen molar-refractivity contribution in [2.24, 2.45) is 11.7 Å². The molecule has 146 valence electrons. The van der Waals surface area contributed by atoms with Crippen molar-refractivity contribution < 1.29 is 18.7 Å². The van der Waals surface area contributed by atoms with Crippen molar-refractivity contribution >= 4 is 28.5 Å². The number of aryl methyl sites for hydroxylation is 1. The summed E-state index contributed by atoms with van der Waals surface area (Å²) in [6.07, 6.45) is 0.829. The Bertz CT molecular complexity index is 823. The van der Waals surface area contributed by atoms with Crippen molar-refractivity contribution in [2.75, 3.05) is 11.9 Å². The lowest BCUT2D eigenvalue weighted by atomic mass is 10.1. The third-order valence-corrected chi connectivity index (χ3v) is 4.46. The number of nitrogens with two attached hydrogens (primary N) is 1. The Morgan fingerprint density at radius 1 is 1.37 bits per heavy atom. The number of carbonyl (C=O) groups is 2. The highest BCUT2D eigenvalue weighted by atomic mass is 32.1. The molecule has 27 heavy (non-hydrogen) atoms. The molecule has 1 aromatic heterocycles. The van der Waals surface area contributed by atoms with E-state index in [0.29, 0.717) is 18.0 Å². The maximum atomic E-state index is 13.9. The number of halogens is 1. The van der Waals surface area contributed by atoms with Crippen molar-refractivity contribution in [3.05, 3.63) is 40.7 Å². The second kappa shape index (κ2) is 9.31. The largest absolute Gasteiger partial charge is 0.471 e. The summed E-state index contributed by atoms with van der Waals surface area (Å²) in [4.78, 5) is 23.7. The highest BCUT2D eigenvalue weighted by Crippen LogP contribution is 2.30. The Morgan fingerprint density at radius 3 is 2.74 bits per heavy atom. The number of anilines is 1. The van der Waals surface area contributed by atoms with Gasteiger partial charge in [0.1, 0.15) is 23.0 Å². The molecular weight excluding hydrogens is 371 g/mol. The Labute approximate surface area is 161 Å². The minimum atomic E-state index is -0.791. The summed E-state index contributed by atoms with van der Waals surface area (Å²) in [6.45, 7) is 6.27. The molecule has 0 radical (unpaired) electrons. The molecule has 7 nitrogen and oxygen atoms in total. The van der Waals surface area contributed by atoms with Crippen LogP contribution < -0.4 is 21.1 Å². The highest BCUT2D eigenvalue weighted by molar-refractivity contribution is 7.11. The monoisotopic (exact) mass is 394 g/mol. The van der Waals surface area contributed by atoms with Gasteiger partial charge in [0.15, 0.2) is 0 Å². The van der Waals surface area contributed by atoms with E-state index in [4.69, 9.17) is 10.5 Å². The summed E-state index contributed by atoms with van der Waals surface area (Å²) in [5.74, 6) is -0.781. The zero-order valence-electron chi connectivity index (χ0n) is 15.5. The molecule has 0 aliphatic heterocycles. The van der Waals surface area contributed by atoms with Crippen LogP contribution >= 0.6 is 11.5 Å². The number of primary amides is 1. The molecule has 2 aromatic rings. The molecule has 0 fully saturated rings. The number of rotatable bonds is 8. The molecule has 2 rings (SSSR count). The lowest BCUT2D eigenvalue weighted by molar-refractivity contribution is 0.0996. The number of ether oxygens (including phenoxy) is 1. The van der Waals surface area contributed by atoms with Crippen LogP contribution in [-0.2, 0) is 6.61 Å². The van der Waals surface area contributed by atoms with Crippen molar-refractivity contribution in [3.63, 3.8) is 0 Å². The smallest absolute Gasteiger partial charge is 0.319 e. The quantitative estimate of drug-likeness (QED) is 0.637. The Kier molecular flexibility index (Phi) is 7.12. The third kappa shape index (κ3) is 5.92. The maximum absolute atomic E-state index is 13.9. The first-order chi connectivity index (χ1) is 12.8. The lowest BCUT2D eigenvalue weighted by Gasteiger charge is -2.09. The molecular formula is C18H23FN4O3S. The SMILES string of the molecule is Cc1ccc(COc2nsc(NC(=O)NCCC(C)C)c2C(N)=O)c(F)c1. The van der Waals surface area contributed by atoms with Gasteiger partial charge < -0.3 is 15.8 Å². The minimum absolute atomic E-state index is 0.0356. The summed E-state index contributed by atoms with van der Waals surface area (Å²) >= 11 is 0.873. The second-order valence-electron chi connectivity index (χ2n) is 6.50. The molecule has 0 saturated carbocycles. The predicted molar refractivity (Wildman–Crippen MR) is 103 cm³/mol. The molecule has 1 heterocycles. The van der Waals surface area contributed by atoms with Gasteiger partial charge in [-0.1, -0.05) is 26.0 Å². The van der Waals surface area contributed by atoms with E-state index >= 15 is 0 Å². The Morgan fingerprint density at radius 2 is 2.11 bits per heavy atom. The van der Waals surface area contributed by atoms with Gasteiger partial charge in [0.05, 0.1) is 0 Å². The van der Waals surface area contributed by atoms with E-state index in [1.54, 1.807) is 19.1 Å². The Balaban J connectivity index is 2.05. The molecule has 0 atom stereocenters. The van der Waals surface area contributed by atoms with E-state index in [0.717, 1.165) is 23.5 Å². The predicted octanol–water partition coefficient (Wildman–Crippen LogP) is 3.44. The number of amides is 3. The van der Waals surface area contributed by atoms with Crippen molar-refractivity contribution in [3.8, 4) is 5.88 Å². The van der Waals surface area contributed by atoms with E-state index in [-0.39, 0.29) is 23.1 Å². The van der Waals surface area contributed by atoms with Crippen LogP contribution in [0, 0.1) is 18.7 Å². The molecule has 4 N–H and O–H groups in total. The summed E-state index contributed by atoms with van der Waals surface area (Å²) in [5, 5.41) is 5.43. The fourth-order valence-electron chi connectivity index (χ4n) is 2.21. The molecule has 9 heteroatoms. The maximum Gasteiger partial charge on any atom is 0.319 e. The average Bonchev–Trinajstić information content (AvgIpc) is 2.96. The van der Waals surface area contributed by atoms with Crippen molar-refractivity contribution in [1.82, 2.24) is 9.69 Å². The van der Waals surface area contributed by atoms with Crippen LogP contribution in [0.4, 0.5) is 14.2 Å². The number of aromatic nitrogens is 1. The van der Waals surface area contributed by atoms with Gasteiger partial charge in [-0.05, 0) is 42.4 Å². The van der Waals surface area contributed by atoms with Gasteiger partial charge in [0.25, 0.3) is 5.91 Å². The number of carbonyl (C=O) groups excluding carboxylic acids is 2. The van der Waals surface area contributed by atoms with Crippen molar-refractivity contribution in [2.45, 2.75) is 33.8 Å². The van der Waals surface area contributed by atoms with Crippen molar-refractivity contribution in [1.29, 1.82) is 0 Å². The first kappa shape index (κ1) is 20.6. The first-order valence-electron chi connectivity index (χ1n) is 8.50. The van der Waals surface area contributed by atoms with Gasteiger partial charge in [-0.3, -0.25) is 10.1 Å². The molecule has 0 spiro atoms. The van der Waals surface area contributed by atoms with Crippen LogP contribution in [0.2, 0.25) is 0 Å². The third-order valence-electron chi connectivity index (χ3n) is 3.71. The molecule has 0 saturated heterocycles. The zero-order chi connectivity index (χ0) is 20.0. The number of hydrogen-bond donors (Lipinski definition) is 3. The molecule has 0 aliphatic carbocycles. The van der Waals surface area contributed by atoms with E-state index in [1.807, 2.05) is 0 Å². The molecule has 0 aliphatic rings. The number of benzene rings is 1. The molecule has 0 unspecified atom stereocenters. The lowest BCUT2D eigenvalue weighted by Crippen LogP contribution is -2.30. The van der Waals surface area contributed by atoms with Gasteiger partial charge in [-0.15, -0.1) is 0 Å². The van der Waals surface area contributed by atoms with E-state index in [2.05, 4.69) is 28.9 Å². The first-order valence-corrected chi connectivity index (χ1v) is 9.27. The minimum Gasteiger partial charge on any atom is -0.471 e. The van der Waals surface area contributed by atoms with Crippen LogP contribution in [0.25, 0.3) is 0 Å². The fourth-order valence-corrected chi connectivity index (χ4v) is 2.95. The number of nitrogens with zero attached hydrogens (tertiary/aromatic N) is 1. The summed E-state index contributed by atoms with van der Waals surface area (Å²) in [6, 6.07) is 4.29. The van der Waals surface area contributed by atoms with Crippen LogP contribution in [0.15, 0.2) is 18.2 Å². The van der Waals surface area contributed by atoms with E-state index < -0.39 is 17.8 Å². The number of hydrogen-bond acceptors (Lipinski definition) is 5. The zero-order valence-corrected chi connectivity index (χ0v) is 16.3. The number of nitrogens with one attached hydrogen (secondary N) is 2. The summed E-state index contributed by atoms with van der Waals surface area (Å²) in [5.41, 5.74) is 6.47. The molecule has 1 aromatic carbocycles. The summed E-state index contributed by atoms with van der Waals surface area (Å²) < 4.78 is 23.4. The van der Waals surface area contributed by atoms with Crippen LogP contribution in [0.3, 0.4) is 0 Å². The van der Waals surface area contributed by atoms with Crippen LogP contribution in [0.5, 0.6) is 5.88 Å². The average molecular weight is 394 g/mol. The second-order valence-corrected chi connectivity index (χ2v) is 7.28. The standard InChI is InChI=1S/C18H23FN4O3S/c1-10(2)6-7-21-18(25)22-17-14(15(20)24)16(23-27-17)26-9-12-5-4-11(3)8-13(12)19/h4-5,8,10H,6-7,9H2,1-3H3,(H2,20,24)(H2,21,22,25). The summed E-state index contributed by atoms with van der Waals surface area (Å²) in [7, 11) is 0. The fraction of sp³-hybridized carbons (Fsp3) is 0.389. The highest BCUT2D eigenvalue weighted by Gasteiger charge is 2.22.